The van der Waals surface area contributed by atoms with Gasteiger partial charge >= 0.3 is 0 Å². The van der Waals surface area contributed by atoms with Crippen LogP contribution in [-0.4, -0.2) is 18.2 Å². The Kier molecular flexibility index (Phi) is 6.80. The Hall–Kier alpha value is -3.89. The largest absolute Gasteiger partial charge is 0.404 e. The van der Waals surface area contributed by atoms with Crippen LogP contribution in [0.15, 0.2) is 78.6 Å². The second-order valence-electron chi connectivity index (χ2n) is 8.70. The lowest BCUT2D eigenvalue weighted by Crippen LogP contribution is -2.28. The van der Waals surface area contributed by atoms with Crippen molar-refractivity contribution in [1.82, 2.24) is 10.6 Å². The first-order chi connectivity index (χ1) is 16.5. The number of amides is 1. The number of nitrogens with two attached hydrogens (primary N) is 1. The molecule has 0 aromatic heterocycles. The van der Waals surface area contributed by atoms with Crippen molar-refractivity contribution in [1.29, 1.82) is 0 Å². The van der Waals surface area contributed by atoms with Crippen molar-refractivity contribution in [3.63, 3.8) is 0 Å². The van der Waals surface area contributed by atoms with Gasteiger partial charge in [0.25, 0.3) is 0 Å². The Bertz CT molecular complexity index is 1210. The number of halogens is 1. The number of rotatable bonds is 10. The van der Waals surface area contributed by atoms with Crippen molar-refractivity contribution >= 4 is 23.4 Å². The average Bonchev–Trinajstić information content (AvgIpc) is 3.78. The second kappa shape index (κ2) is 9.94. The number of hydrogen-bond acceptors (Lipinski definition) is 4. The van der Waals surface area contributed by atoms with Crippen molar-refractivity contribution < 1.29 is 9.18 Å². The van der Waals surface area contributed by atoms with E-state index in [0.717, 1.165) is 42.4 Å². The summed E-state index contributed by atoms with van der Waals surface area (Å²) in [5, 5.41) is 6.37. The number of benzene rings is 2. The lowest BCUT2D eigenvalue weighted by molar-refractivity contribution is -0.116. The molecule has 0 atom stereocenters. The zero-order chi connectivity index (χ0) is 24.1. The number of carbonyl (C=O) groups is 1. The van der Waals surface area contributed by atoms with Crippen LogP contribution < -0.4 is 16.4 Å². The van der Waals surface area contributed by atoms with Crippen LogP contribution in [0.5, 0.6) is 0 Å². The number of nitrogens with zero attached hydrogens (tertiary/aromatic N) is 1. The van der Waals surface area contributed by atoms with Crippen molar-refractivity contribution in [2.75, 3.05) is 0 Å². The molecule has 0 spiro atoms. The highest BCUT2D eigenvalue weighted by atomic mass is 19.1. The summed E-state index contributed by atoms with van der Waals surface area (Å²) in [6.07, 6.45) is 8.32. The number of nitrogens with one attached hydrogen (secondary N) is 2. The summed E-state index contributed by atoms with van der Waals surface area (Å²) >= 11 is 0. The lowest BCUT2D eigenvalue weighted by atomic mass is 9.97. The molecule has 0 radical (unpaired) electrons. The quantitative estimate of drug-likeness (QED) is 0.278. The van der Waals surface area contributed by atoms with Gasteiger partial charge in [-0.05, 0) is 66.6 Å². The maximum Gasteiger partial charge on any atom is 0.243 e. The predicted octanol–water partition coefficient (Wildman–Crippen LogP) is 4.57. The highest BCUT2D eigenvalue weighted by Gasteiger charge is 2.45. The maximum atomic E-state index is 14.7. The normalized spacial score (nSPS) is 16.6. The fraction of sp³-hybridized carbons (Fsp3) is 0.250. The van der Waals surface area contributed by atoms with Gasteiger partial charge in [0.05, 0.1) is 17.3 Å². The fourth-order valence-corrected chi connectivity index (χ4v) is 3.89. The molecule has 4 rings (SSSR count). The first-order valence-electron chi connectivity index (χ1n) is 11.4. The van der Waals surface area contributed by atoms with Crippen molar-refractivity contribution in [2.45, 2.75) is 43.8 Å². The van der Waals surface area contributed by atoms with E-state index in [4.69, 9.17) is 5.73 Å². The maximum absolute atomic E-state index is 14.7. The molecule has 2 saturated carbocycles. The summed E-state index contributed by atoms with van der Waals surface area (Å²) in [6.45, 7) is 7.71. The Morgan fingerprint density at radius 3 is 2.68 bits per heavy atom. The van der Waals surface area contributed by atoms with Gasteiger partial charge in [0, 0.05) is 30.1 Å². The molecule has 174 valence electrons. The van der Waals surface area contributed by atoms with Crippen LogP contribution in [0.25, 0.3) is 11.3 Å². The van der Waals surface area contributed by atoms with Gasteiger partial charge in [0.15, 0.2) is 0 Å². The van der Waals surface area contributed by atoms with Crippen molar-refractivity contribution in [3.8, 4) is 0 Å². The van der Waals surface area contributed by atoms with E-state index in [-0.39, 0.29) is 11.7 Å². The van der Waals surface area contributed by atoms with Crippen LogP contribution in [0.2, 0.25) is 0 Å². The smallest absolute Gasteiger partial charge is 0.243 e. The highest BCUT2D eigenvalue weighted by molar-refractivity contribution is 6.09. The Labute approximate surface area is 199 Å². The van der Waals surface area contributed by atoms with Crippen LogP contribution in [0.1, 0.15) is 47.9 Å². The molecule has 2 aromatic carbocycles. The summed E-state index contributed by atoms with van der Waals surface area (Å²) in [4.78, 5) is 16.2. The number of aliphatic imine (C=N–C) groups is 1. The van der Waals surface area contributed by atoms with E-state index in [1.807, 2.05) is 30.3 Å². The minimum Gasteiger partial charge on any atom is -0.404 e. The number of allylic oxidation sites excluding steroid dienone is 1. The molecule has 0 aliphatic heterocycles. The molecule has 4 N–H and O–H groups in total. The first-order valence-corrected chi connectivity index (χ1v) is 11.4. The van der Waals surface area contributed by atoms with E-state index in [2.05, 4.69) is 34.5 Å². The molecule has 0 saturated heterocycles. The van der Waals surface area contributed by atoms with Gasteiger partial charge in [-0.25, -0.2) is 4.39 Å². The molecule has 2 aliphatic rings. The Morgan fingerprint density at radius 1 is 1.26 bits per heavy atom. The van der Waals surface area contributed by atoms with E-state index in [0.29, 0.717) is 29.4 Å². The number of hydrogen-bond donors (Lipinski definition) is 3. The van der Waals surface area contributed by atoms with E-state index < -0.39 is 5.54 Å². The van der Waals surface area contributed by atoms with Crippen molar-refractivity contribution in [3.05, 3.63) is 102 Å². The molecule has 2 aliphatic carbocycles. The monoisotopic (exact) mass is 456 g/mol. The summed E-state index contributed by atoms with van der Waals surface area (Å²) < 4.78 is 14.7. The topological polar surface area (TPSA) is 79.5 Å². The highest BCUT2D eigenvalue weighted by Crippen LogP contribution is 2.47. The van der Waals surface area contributed by atoms with Gasteiger partial charge in [-0.3, -0.25) is 9.79 Å². The molecule has 0 bridgehead atoms. The standard InChI is InChI=1S/C28H29FN4O/c1-3-26(25-8-6-5-7-19(25)17-32-27(34)4-2)33-28(11-12-28)22-13-20(14-23(29)15-22)21(16-30)18-31-24-9-10-24/h4-8,13-16,18,24,33H,1-2,9-12,17,30H2,(H,32,34)/b21-16+,31-18?. The van der Waals surface area contributed by atoms with Gasteiger partial charge < -0.3 is 16.4 Å². The van der Waals surface area contributed by atoms with E-state index >= 15 is 0 Å². The van der Waals surface area contributed by atoms with E-state index in [9.17, 15) is 9.18 Å². The number of carbonyl (C=O) groups excluding carboxylic acids is 1. The molecular weight excluding hydrogens is 427 g/mol. The molecule has 0 unspecified atom stereocenters. The Morgan fingerprint density at radius 2 is 2.03 bits per heavy atom. The predicted molar refractivity (Wildman–Crippen MR) is 135 cm³/mol. The van der Waals surface area contributed by atoms with Crippen LogP contribution >= 0.6 is 0 Å². The minimum atomic E-state index is -0.429. The third-order valence-corrected chi connectivity index (χ3v) is 6.15. The zero-order valence-corrected chi connectivity index (χ0v) is 19.1. The summed E-state index contributed by atoms with van der Waals surface area (Å²) in [6, 6.07) is 13.1. The second-order valence-corrected chi connectivity index (χ2v) is 8.70. The van der Waals surface area contributed by atoms with Crippen LogP contribution in [0.3, 0.4) is 0 Å². The Balaban J connectivity index is 1.60. The van der Waals surface area contributed by atoms with Gasteiger partial charge in [0.2, 0.25) is 5.91 Å². The van der Waals surface area contributed by atoms with Gasteiger partial charge in [-0.15, -0.1) is 5.73 Å². The third-order valence-electron chi connectivity index (χ3n) is 6.15. The SMILES string of the molecule is C=C=C(NC1(c2cc(F)cc(/C(C=NC3CC3)=C/N)c2)CC1)c1ccccc1CNC(=O)C=C. The summed E-state index contributed by atoms with van der Waals surface area (Å²) in [5.41, 5.74) is 13.2. The molecule has 6 heteroatoms. The summed E-state index contributed by atoms with van der Waals surface area (Å²) in [7, 11) is 0. The molecular formula is C28H29FN4O. The summed E-state index contributed by atoms with van der Waals surface area (Å²) in [5.74, 6) is -0.566. The van der Waals surface area contributed by atoms with Gasteiger partial charge in [0.1, 0.15) is 5.82 Å². The first kappa shape index (κ1) is 23.3. The molecule has 0 heterocycles. The lowest BCUT2D eigenvalue weighted by Gasteiger charge is -2.23. The molecule has 1 amide bonds. The van der Waals surface area contributed by atoms with Crippen LogP contribution in [0.4, 0.5) is 4.39 Å². The molecule has 34 heavy (non-hydrogen) atoms. The molecule has 5 nitrogen and oxygen atoms in total. The van der Waals surface area contributed by atoms with Crippen LogP contribution in [-0.2, 0) is 16.9 Å². The van der Waals surface area contributed by atoms with E-state index in [1.165, 1.54) is 18.3 Å². The fourth-order valence-electron chi connectivity index (χ4n) is 3.89. The molecule has 2 fully saturated rings. The van der Waals surface area contributed by atoms with Crippen molar-refractivity contribution in [2.24, 2.45) is 10.7 Å². The van der Waals surface area contributed by atoms with E-state index in [1.54, 1.807) is 12.3 Å². The molecule has 2 aromatic rings. The third kappa shape index (κ3) is 5.36. The minimum absolute atomic E-state index is 0.244. The van der Waals surface area contributed by atoms with Crippen LogP contribution in [0, 0.1) is 5.82 Å². The zero-order valence-electron chi connectivity index (χ0n) is 19.1. The van der Waals surface area contributed by atoms with Gasteiger partial charge in [-0.1, -0.05) is 37.4 Å². The van der Waals surface area contributed by atoms with Gasteiger partial charge in [-0.2, -0.15) is 0 Å². The average molecular weight is 457 g/mol.